The van der Waals surface area contributed by atoms with Crippen molar-refractivity contribution in [2.45, 2.75) is 161 Å². The third kappa shape index (κ3) is 6.16. The van der Waals surface area contributed by atoms with Gasteiger partial charge >= 0.3 is 5.97 Å². The molecular weight excluding hydrogens is 664 g/mol. The number of rotatable bonds is 9. The lowest BCUT2D eigenvalue weighted by Crippen LogP contribution is -2.66. The van der Waals surface area contributed by atoms with Crippen molar-refractivity contribution in [3.63, 3.8) is 0 Å². The van der Waals surface area contributed by atoms with Crippen LogP contribution in [0.4, 0.5) is 0 Å². The molecule has 13 nitrogen and oxygen atoms in total. The standard InChI is InChI=1S/C38H60O13/c1-18(40)51-33(2,3)13-12-25(43)38(9,48)30-22(42)15-35(6)24-11-10-19-20(37(24,8)26(44)16-36(30,35)7)14-21(41)31(34(19,4)5)50-32-29(47)28(46)27(45)23(17-39)49-32/h10,20-24,27-32,39,41-42,45-48H,11-17H2,1-9H3/t20-,21?,22?,23-,24?,27-,28+,29-,30+,31+,32+,35+,36?,37?,38-/m1/s1. The highest BCUT2D eigenvalue weighted by atomic mass is 16.7. The van der Waals surface area contributed by atoms with Crippen LogP contribution in [0.25, 0.3) is 0 Å². The van der Waals surface area contributed by atoms with Crippen molar-refractivity contribution in [3.05, 3.63) is 11.6 Å². The zero-order chi connectivity index (χ0) is 38.4. The number of allylic oxidation sites excluding steroid dienone is 1. The van der Waals surface area contributed by atoms with Crippen LogP contribution >= 0.6 is 0 Å². The van der Waals surface area contributed by atoms with Gasteiger partial charge in [-0.15, -0.1) is 0 Å². The Hall–Kier alpha value is -1.81. The second-order valence-electron chi connectivity index (χ2n) is 18.2. The molecule has 0 aromatic rings. The molecule has 13 heteroatoms. The van der Waals surface area contributed by atoms with E-state index < -0.39 is 112 Å². The normalized spacial score (nSPS) is 46.2. The van der Waals surface area contributed by atoms with Gasteiger partial charge in [-0.3, -0.25) is 14.4 Å². The summed E-state index contributed by atoms with van der Waals surface area (Å²) in [5.74, 6) is -2.70. The van der Waals surface area contributed by atoms with Crippen molar-refractivity contribution >= 4 is 17.5 Å². The number of carbonyl (C=O) groups is 3. The van der Waals surface area contributed by atoms with E-state index in [9.17, 15) is 50.1 Å². The molecule has 0 aromatic heterocycles. The molecule has 5 aliphatic rings. The Balaban J connectivity index is 1.44. The van der Waals surface area contributed by atoms with Crippen molar-refractivity contribution in [2.75, 3.05) is 6.61 Å². The van der Waals surface area contributed by atoms with E-state index in [-0.39, 0.29) is 43.8 Å². The summed E-state index contributed by atoms with van der Waals surface area (Å²) in [6.07, 6.45) is -7.59. The smallest absolute Gasteiger partial charge is 0.303 e. The molecule has 1 saturated heterocycles. The summed E-state index contributed by atoms with van der Waals surface area (Å²) in [6.45, 7) is 15.1. The molecule has 51 heavy (non-hydrogen) atoms. The highest BCUT2D eigenvalue weighted by molar-refractivity contribution is 5.90. The zero-order valence-corrected chi connectivity index (χ0v) is 31.5. The Labute approximate surface area is 300 Å². The summed E-state index contributed by atoms with van der Waals surface area (Å²) in [5, 5.41) is 76.3. The van der Waals surface area contributed by atoms with E-state index in [1.807, 2.05) is 34.6 Å². The topological polar surface area (TPSA) is 221 Å². The average molecular weight is 725 g/mol. The first-order chi connectivity index (χ1) is 23.3. The van der Waals surface area contributed by atoms with Crippen molar-refractivity contribution in [3.8, 4) is 0 Å². The van der Waals surface area contributed by atoms with E-state index in [2.05, 4.69) is 6.08 Å². The van der Waals surface area contributed by atoms with E-state index >= 15 is 0 Å². The third-order valence-corrected chi connectivity index (χ3v) is 14.3. The summed E-state index contributed by atoms with van der Waals surface area (Å²) in [7, 11) is 0. The number of carbonyl (C=O) groups excluding carboxylic acids is 3. The molecule has 1 heterocycles. The second-order valence-corrected chi connectivity index (χ2v) is 18.2. The van der Waals surface area contributed by atoms with E-state index in [4.69, 9.17) is 14.2 Å². The molecule has 7 N–H and O–H groups in total. The number of hydrogen-bond donors (Lipinski definition) is 7. The van der Waals surface area contributed by atoms with Crippen LogP contribution < -0.4 is 0 Å². The molecular formula is C38H60O13. The Morgan fingerprint density at radius 1 is 0.961 bits per heavy atom. The molecule has 0 bridgehead atoms. The van der Waals surface area contributed by atoms with Gasteiger partial charge in [0, 0.05) is 36.5 Å². The predicted molar refractivity (Wildman–Crippen MR) is 181 cm³/mol. The molecule has 4 fully saturated rings. The molecule has 1 aliphatic heterocycles. The quantitative estimate of drug-likeness (QED) is 0.132. The molecule has 290 valence electrons. The maximum Gasteiger partial charge on any atom is 0.303 e. The Kier molecular flexibility index (Phi) is 10.4. The van der Waals surface area contributed by atoms with E-state index in [1.165, 1.54) is 13.8 Å². The van der Waals surface area contributed by atoms with Crippen LogP contribution in [0.15, 0.2) is 11.6 Å². The summed E-state index contributed by atoms with van der Waals surface area (Å²) >= 11 is 0. The summed E-state index contributed by atoms with van der Waals surface area (Å²) in [6, 6.07) is 0. The van der Waals surface area contributed by atoms with Crippen LogP contribution in [-0.2, 0) is 28.6 Å². The molecule has 0 aromatic carbocycles. The van der Waals surface area contributed by atoms with Gasteiger partial charge in [0.15, 0.2) is 12.1 Å². The first kappa shape index (κ1) is 40.4. The minimum atomic E-state index is -1.97. The molecule has 4 aliphatic carbocycles. The van der Waals surface area contributed by atoms with Crippen LogP contribution in [-0.4, -0.2) is 120 Å². The van der Waals surface area contributed by atoms with Gasteiger partial charge < -0.3 is 50.0 Å². The highest BCUT2D eigenvalue weighted by Gasteiger charge is 2.74. The average Bonchev–Trinajstić information content (AvgIpc) is 3.22. The molecule has 0 spiro atoms. The molecule has 15 atom stereocenters. The third-order valence-electron chi connectivity index (χ3n) is 14.3. The molecule has 3 saturated carbocycles. The monoisotopic (exact) mass is 724 g/mol. The van der Waals surface area contributed by atoms with E-state index in [1.54, 1.807) is 13.8 Å². The number of aliphatic hydroxyl groups excluding tert-OH is 6. The Morgan fingerprint density at radius 2 is 1.59 bits per heavy atom. The van der Waals surface area contributed by atoms with Crippen molar-refractivity contribution in [1.82, 2.24) is 0 Å². The van der Waals surface area contributed by atoms with Crippen molar-refractivity contribution in [2.24, 2.45) is 39.4 Å². The Bertz CT molecular complexity index is 1420. The maximum absolute atomic E-state index is 14.7. The van der Waals surface area contributed by atoms with Gasteiger partial charge in [0.25, 0.3) is 0 Å². The largest absolute Gasteiger partial charge is 0.460 e. The van der Waals surface area contributed by atoms with E-state index in [0.717, 1.165) is 5.57 Å². The Morgan fingerprint density at radius 3 is 2.18 bits per heavy atom. The summed E-state index contributed by atoms with van der Waals surface area (Å²) in [4.78, 5) is 40.0. The highest BCUT2D eigenvalue weighted by Crippen LogP contribution is 2.74. The molecule has 0 radical (unpaired) electrons. The number of ketones is 2. The lowest BCUT2D eigenvalue weighted by atomic mass is 9.38. The lowest BCUT2D eigenvalue weighted by Gasteiger charge is -2.65. The first-order valence-electron chi connectivity index (χ1n) is 18.3. The van der Waals surface area contributed by atoms with Crippen molar-refractivity contribution in [1.29, 1.82) is 0 Å². The van der Waals surface area contributed by atoms with Gasteiger partial charge in [-0.2, -0.15) is 0 Å². The fraction of sp³-hybridized carbons (Fsp3) is 0.868. The first-order valence-corrected chi connectivity index (χ1v) is 18.3. The van der Waals surface area contributed by atoms with Gasteiger partial charge in [-0.1, -0.05) is 46.3 Å². The molecule has 5 unspecified atom stereocenters. The van der Waals surface area contributed by atoms with Crippen LogP contribution in [0.5, 0.6) is 0 Å². The molecule has 5 rings (SSSR count). The minimum Gasteiger partial charge on any atom is -0.460 e. The summed E-state index contributed by atoms with van der Waals surface area (Å²) in [5.41, 5.74) is -5.51. The predicted octanol–water partition coefficient (Wildman–Crippen LogP) is 1.34. The fourth-order valence-electron chi connectivity index (χ4n) is 11.4. The van der Waals surface area contributed by atoms with E-state index in [0.29, 0.717) is 6.42 Å². The van der Waals surface area contributed by atoms with Crippen LogP contribution in [0.3, 0.4) is 0 Å². The molecule has 0 amide bonds. The van der Waals surface area contributed by atoms with Gasteiger partial charge in [0.1, 0.15) is 41.4 Å². The fourth-order valence-corrected chi connectivity index (χ4v) is 11.4. The van der Waals surface area contributed by atoms with Crippen molar-refractivity contribution < 1.29 is 64.3 Å². The zero-order valence-electron chi connectivity index (χ0n) is 31.5. The van der Waals surface area contributed by atoms with Gasteiger partial charge in [0.2, 0.25) is 0 Å². The number of hydrogen-bond acceptors (Lipinski definition) is 13. The maximum atomic E-state index is 14.7. The second kappa shape index (κ2) is 13.2. The minimum absolute atomic E-state index is 0.00565. The van der Waals surface area contributed by atoms with Gasteiger partial charge in [-0.05, 0) is 69.1 Å². The van der Waals surface area contributed by atoms with Crippen LogP contribution in [0.2, 0.25) is 0 Å². The SMILES string of the molecule is CC(=O)OC(C)(C)CCC(=O)[C@@](C)(O)[C@H]1C(O)C[C@@]2(C)C3CC=C4[C@@H](CC(O)[C@H](O[C@@H]5O[C@H](CO)[C@@H](O)[C@H](O)[C@H]5O)C4(C)C)C3(C)C(=O)CC12C. The number of aliphatic hydroxyl groups is 7. The number of fused-ring (bicyclic) bond motifs is 5. The van der Waals surface area contributed by atoms with Crippen LogP contribution in [0.1, 0.15) is 101 Å². The van der Waals surface area contributed by atoms with Crippen LogP contribution in [0, 0.1) is 39.4 Å². The summed E-state index contributed by atoms with van der Waals surface area (Å²) < 4.78 is 17.1. The number of Topliss-reactive ketones (excluding diaryl/α,β-unsaturated/α-hetero) is 2. The van der Waals surface area contributed by atoms with Gasteiger partial charge in [-0.25, -0.2) is 0 Å². The van der Waals surface area contributed by atoms with Gasteiger partial charge in [0.05, 0.1) is 24.9 Å². The number of esters is 1. The lowest BCUT2D eigenvalue weighted by molar-refractivity contribution is -0.327. The number of ether oxygens (including phenoxy) is 3.